The summed E-state index contributed by atoms with van der Waals surface area (Å²) in [5.41, 5.74) is 1.86. The Morgan fingerprint density at radius 2 is 1.50 bits per heavy atom. The van der Waals surface area contributed by atoms with Crippen LogP contribution in [-0.2, 0) is 6.61 Å². The fourth-order valence-corrected chi connectivity index (χ4v) is 3.08. The van der Waals surface area contributed by atoms with Crippen molar-refractivity contribution in [2.75, 3.05) is 18.5 Å². The van der Waals surface area contributed by atoms with E-state index in [1.807, 2.05) is 44.2 Å². The van der Waals surface area contributed by atoms with Crippen molar-refractivity contribution in [1.82, 2.24) is 0 Å². The van der Waals surface area contributed by atoms with Crippen molar-refractivity contribution in [2.45, 2.75) is 20.5 Å². The SMILES string of the molecule is CCOc1ccc(C(=O)Nc2ccccc2OCC)cc1COc1ccccc1Cl. The number of benzene rings is 3. The van der Waals surface area contributed by atoms with Gasteiger partial charge in [0.15, 0.2) is 0 Å². The fourth-order valence-electron chi connectivity index (χ4n) is 2.89. The highest BCUT2D eigenvalue weighted by molar-refractivity contribution is 6.32. The highest BCUT2D eigenvalue weighted by atomic mass is 35.5. The number of halogens is 1. The van der Waals surface area contributed by atoms with Gasteiger partial charge in [-0.2, -0.15) is 0 Å². The molecule has 3 aromatic carbocycles. The normalized spacial score (nSPS) is 10.4. The average molecular weight is 426 g/mol. The minimum atomic E-state index is -0.246. The second kappa shape index (κ2) is 10.6. The number of hydrogen-bond donors (Lipinski definition) is 1. The standard InChI is InChI=1S/C24H24ClNO4/c1-3-28-21-14-13-17(15-18(21)16-30-22-11-7-5-9-19(22)25)24(27)26-20-10-6-8-12-23(20)29-4-2/h5-15H,3-4,16H2,1-2H3,(H,26,27). The fraction of sp³-hybridized carbons (Fsp3) is 0.208. The summed E-state index contributed by atoms with van der Waals surface area (Å²) in [5, 5.41) is 3.43. The van der Waals surface area contributed by atoms with Crippen LogP contribution in [0.1, 0.15) is 29.8 Å². The van der Waals surface area contributed by atoms with Crippen LogP contribution in [0.3, 0.4) is 0 Å². The Morgan fingerprint density at radius 1 is 0.833 bits per heavy atom. The van der Waals surface area contributed by atoms with Crippen LogP contribution in [0.15, 0.2) is 66.7 Å². The number of rotatable bonds is 9. The van der Waals surface area contributed by atoms with E-state index in [4.69, 9.17) is 25.8 Å². The largest absolute Gasteiger partial charge is 0.493 e. The van der Waals surface area contributed by atoms with Gasteiger partial charge in [-0.1, -0.05) is 35.9 Å². The van der Waals surface area contributed by atoms with Crippen LogP contribution >= 0.6 is 11.6 Å². The van der Waals surface area contributed by atoms with E-state index in [0.29, 0.717) is 46.7 Å². The minimum absolute atomic E-state index is 0.218. The lowest BCUT2D eigenvalue weighted by Crippen LogP contribution is -2.14. The Bertz CT molecular complexity index is 1010. The van der Waals surface area contributed by atoms with Crippen LogP contribution in [0.25, 0.3) is 0 Å². The van der Waals surface area contributed by atoms with Gasteiger partial charge in [-0.15, -0.1) is 0 Å². The van der Waals surface area contributed by atoms with Crippen molar-refractivity contribution in [1.29, 1.82) is 0 Å². The number of ether oxygens (including phenoxy) is 3. The first-order chi connectivity index (χ1) is 14.6. The summed E-state index contributed by atoms with van der Waals surface area (Å²) < 4.78 is 17.1. The highest BCUT2D eigenvalue weighted by Gasteiger charge is 2.14. The molecule has 5 nitrogen and oxygen atoms in total. The van der Waals surface area contributed by atoms with Crippen LogP contribution in [0.5, 0.6) is 17.2 Å². The Balaban J connectivity index is 1.81. The van der Waals surface area contributed by atoms with E-state index in [-0.39, 0.29) is 12.5 Å². The zero-order valence-electron chi connectivity index (χ0n) is 17.0. The molecule has 0 fully saturated rings. The molecular weight excluding hydrogens is 402 g/mol. The van der Waals surface area contributed by atoms with Gasteiger partial charge in [0.1, 0.15) is 23.9 Å². The Labute approximate surface area is 181 Å². The smallest absolute Gasteiger partial charge is 0.255 e. The van der Waals surface area contributed by atoms with Crippen molar-refractivity contribution < 1.29 is 19.0 Å². The maximum absolute atomic E-state index is 12.9. The Hall–Kier alpha value is -3.18. The molecule has 3 aromatic rings. The number of amides is 1. The van der Waals surface area contributed by atoms with E-state index >= 15 is 0 Å². The molecule has 0 saturated carbocycles. The molecule has 0 aliphatic rings. The van der Waals surface area contributed by atoms with E-state index < -0.39 is 0 Å². The molecule has 0 aromatic heterocycles. The van der Waals surface area contributed by atoms with Gasteiger partial charge in [0.25, 0.3) is 5.91 Å². The number of carbonyl (C=O) groups is 1. The van der Waals surface area contributed by atoms with E-state index in [9.17, 15) is 4.79 Å². The van der Waals surface area contributed by atoms with Crippen molar-refractivity contribution in [3.63, 3.8) is 0 Å². The number of nitrogens with one attached hydrogen (secondary N) is 1. The second-order valence-electron chi connectivity index (χ2n) is 6.36. The van der Waals surface area contributed by atoms with Crippen molar-refractivity contribution in [2.24, 2.45) is 0 Å². The molecule has 0 aliphatic carbocycles. The summed E-state index contributed by atoms with van der Waals surface area (Å²) in [5.74, 6) is 1.61. The molecule has 0 aliphatic heterocycles. The molecule has 1 N–H and O–H groups in total. The monoisotopic (exact) mass is 425 g/mol. The van der Waals surface area contributed by atoms with Crippen molar-refractivity contribution in [3.05, 3.63) is 82.9 Å². The van der Waals surface area contributed by atoms with Crippen LogP contribution in [0, 0.1) is 0 Å². The van der Waals surface area contributed by atoms with E-state index in [2.05, 4.69) is 5.32 Å². The van der Waals surface area contributed by atoms with Gasteiger partial charge in [-0.25, -0.2) is 0 Å². The highest BCUT2D eigenvalue weighted by Crippen LogP contribution is 2.28. The predicted octanol–water partition coefficient (Wildman–Crippen LogP) is 5.97. The topological polar surface area (TPSA) is 56.8 Å². The molecule has 0 unspecified atom stereocenters. The Morgan fingerprint density at radius 3 is 2.23 bits per heavy atom. The third-order valence-electron chi connectivity index (χ3n) is 4.28. The number of hydrogen-bond acceptors (Lipinski definition) is 4. The zero-order chi connectivity index (χ0) is 21.3. The molecule has 0 atom stereocenters. The summed E-state index contributed by atoms with van der Waals surface area (Å²) >= 11 is 6.17. The van der Waals surface area contributed by atoms with E-state index in [1.165, 1.54) is 0 Å². The van der Waals surface area contributed by atoms with E-state index in [0.717, 1.165) is 5.56 Å². The van der Waals surface area contributed by atoms with Crippen LogP contribution in [-0.4, -0.2) is 19.1 Å². The van der Waals surface area contributed by atoms with Gasteiger partial charge in [-0.3, -0.25) is 4.79 Å². The Kier molecular flexibility index (Phi) is 7.57. The lowest BCUT2D eigenvalue weighted by atomic mass is 10.1. The third kappa shape index (κ3) is 5.45. The zero-order valence-corrected chi connectivity index (χ0v) is 17.7. The maximum atomic E-state index is 12.9. The van der Waals surface area contributed by atoms with Crippen LogP contribution in [0.4, 0.5) is 5.69 Å². The average Bonchev–Trinajstić information content (AvgIpc) is 2.75. The predicted molar refractivity (Wildman–Crippen MR) is 119 cm³/mol. The molecular formula is C24H24ClNO4. The lowest BCUT2D eigenvalue weighted by Gasteiger charge is -2.15. The molecule has 6 heteroatoms. The van der Waals surface area contributed by atoms with Gasteiger partial charge < -0.3 is 19.5 Å². The van der Waals surface area contributed by atoms with Crippen LogP contribution in [0.2, 0.25) is 5.02 Å². The van der Waals surface area contributed by atoms with Gasteiger partial charge in [0.05, 0.1) is 23.9 Å². The summed E-state index contributed by atoms with van der Waals surface area (Å²) in [4.78, 5) is 12.9. The number of anilines is 1. The quantitative estimate of drug-likeness (QED) is 0.459. The summed E-state index contributed by atoms with van der Waals surface area (Å²) in [6, 6.07) is 19.8. The van der Waals surface area contributed by atoms with Gasteiger partial charge in [0, 0.05) is 11.1 Å². The molecule has 3 rings (SSSR count). The lowest BCUT2D eigenvalue weighted by molar-refractivity contribution is 0.102. The van der Waals surface area contributed by atoms with E-state index in [1.54, 1.807) is 36.4 Å². The molecule has 0 saturated heterocycles. The first kappa shape index (κ1) is 21.5. The minimum Gasteiger partial charge on any atom is -0.493 e. The number of para-hydroxylation sites is 3. The first-order valence-corrected chi connectivity index (χ1v) is 10.2. The summed E-state index contributed by atoms with van der Waals surface area (Å²) in [6.45, 7) is 5.04. The maximum Gasteiger partial charge on any atom is 0.255 e. The van der Waals surface area contributed by atoms with Gasteiger partial charge >= 0.3 is 0 Å². The van der Waals surface area contributed by atoms with Crippen LogP contribution < -0.4 is 19.5 Å². The van der Waals surface area contributed by atoms with Crippen molar-refractivity contribution in [3.8, 4) is 17.2 Å². The second-order valence-corrected chi connectivity index (χ2v) is 6.77. The number of carbonyl (C=O) groups excluding carboxylic acids is 1. The van der Waals surface area contributed by atoms with Gasteiger partial charge in [0.2, 0.25) is 0 Å². The van der Waals surface area contributed by atoms with Gasteiger partial charge in [-0.05, 0) is 56.3 Å². The molecule has 156 valence electrons. The summed E-state index contributed by atoms with van der Waals surface area (Å²) in [6.07, 6.45) is 0. The first-order valence-electron chi connectivity index (χ1n) is 9.78. The van der Waals surface area contributed by atoms with Crippen molar-refractivity contribution >= 4 is 23.2 Å². The summed E-state index contributed by atoms with van der Waals surface area (Å²) in [7, 11) is 0. The molecule has 0 radical (unpaired) electrons. The molecule has 30 heavy (non-hydrogen) atoms. The molecule has 0 heterocycles. The molecule has 0 bridgehead atoms. The molecule has 0 spiro atoms. The molecule has 1 amide bonds. The third-order valence-corrected chi connectivity index (χ3v) is 4.59.